The molecule has 3 heteroatoms. The maximum Gasteiger partial charge on any atom is 0.123 e. The number of nitrogens with zero attached hydrogens (tertiary/aromatic N) is 1. The lowest BCUT2D eigenvalue weighted by atomic mass is 10.1. The lowest BCUT2D eigenvalue weighted by Gasteiger charge is -2.26. The van der Waals surface area contributed by atoms with Crippen molar-refractivity contribution in [1.29, 1.82) is 0 Å². The lowest BCUT2D eigenvalue weighted by Crippen LogP contribution is -2.24. The summed E-state index contributed by atoms with van der Waals surface area (Å²) in [6, 6.07) is 15.3. The summed E-state index contributed by atoms with van der Waals surface area (Å²) in [5.41, 5.74) is 3.34. The molecular formula is C17H21FN2. The summed E-state index contributed by atoms with van der Waals surface area (Å²) in [5, 5.41) is 3.10. The molecule has 106 valence electrons. The van der Waals surface area contributed by atoms with Crippen LogP contribution in [0.25, 0.3) is 0 Å². The van der Waals surface area contributed by atoms with Crippen LogP contribution in [0.15, 0.2) is 48.5 Å². The number of anilines is 1. The summed E-state index contributed by atoms with van der Waals surface area (Å²) in [5.74, 6) is -0.185. The number of nitrogens with one attached hydrogen (secondary N) is 1. The van der Waals surface area contributed by atoms with Crippen molar-refractivity contribution in [3.05, 3.63) is 65.5 Å². The minimum atomic E-state index is -0.185. The Morgan fingerprint density at radius 2 is 1.85 bits per heavy atom. The van der Waals surface area contributed by atoms with Crippen molar-refractivity contribution in [3.8, 4) is 0 Å². The number of rotatable bonds is 6. The van der Waals surface area contributed by atoms with Crippen LogP contribution in [0.4, 0.5) is 10.1 Å². The van der Waals surface area contributed by atoms with Crippen molar-refractivity contribution < 1.29 is 4.39 Å². The monoisotopic (exact) mass is 272 g/mol. The molecule has 0 aliphatic carbocycles. The second-order valence-corrected chi connectivity index (χ2v) is 4.80. The van der Waals surface area contributed by atoms with Gasteiger partial charge < -0.3 is 10.2 Å². The molecule has 1 N–H and O–H groups in total. The maximum atomic E-state index is 13.4. The molecule has 2 aromatic rings. The second-order valence-electron chi connectivity index (χ2n) is 4.80. The standard InChI is InChI=1S/C17H21FN2/c1-3-20(13-14-7-5-4-6-8-14)17-10-9-16(18)11-15(17)12-19-2/h4-11,19H,3,12-13H2,1-2H3. The molecule has 2 nitrogen and oxygen atoms in total. The van der Waals surface area contributed by atoms with E-state index in [0.717, 1.165) is 24.3 Å². The summed E-state index contributed by atoms with van der Waals surface area (Å²) in [7, 11) is 1.88. The van der Waals surface area contributed by atoms with Crippen LogP contribution in [-0.4, -0.2) is 13.6 Å². The topological polar surface area (TPSA) is 15.3 Å². The van der Waals surface area contributed by atoms with Crippen LogP contribution in [-0.2, 0) is 13.1 Å². The molecule has 0 radical (unpaired) electrons. The van der Waals surface area contributed by atoms with E-state index in [4.69, 9.17) is 0 Å². The first-order chi connectivity index (χ1) is 9.74. The zero-order chi connectivity index (χ0) is 14.4. The van der Waals surface area contributed by atoms with Crippen molar-refractivity contribution in [1.82, 2.24) is 5.32 Å². The van der Waals surface area contributed by atoms with E-state index in [2.05, 4.69) is 29.3 Å². The van der Waals surface area contributed by atoms with Crippen LogP contribution < -0.4 is 10.2 Å². The maximum absolute atomic E-state index is 13.4. The second kappa shape index (κ2) is 7.06. The van der Waals surface area contributed by atoms with Gasteiger partial charge in [-0.3, -0.25) is 0 Å². The summed E-state index contributed by atoms with van der Waals surface area (Å²) >= 11 is 0. The smallest absolute Gasteiger partial charge is 0.123 e. The van der Waals surface area contributed by atoms with Crippen molar-refractivity contribution in [2.75, 3.05) is 18.5 Å². The Bertz CT molecular complexity index is 540. The fourth-order valence-electron chi connectivity index (χ4n) is 2.37. The van der Waals surface area contributed by atoms with E-state index >= 15 is 0 Å². The molecule has 0 atom stereocenters. The first-order valence-corrected chi connectivity index (χ1v) is 6.96. The molecule has 2 aromatic carbocycles. The molecule has 0 aliphatic rings. The molecule has 2 rings (SSSR count). The average molecular weight is 272 g/mol. The van der Waals surface area contributed by atoms with Gasteiger partial charge in [0.2, 0.25) is 0 Å². The van der Waals surface area contributed by atoms with Gasteiger partial charge in [-0.05, 0) is 43.3 Å². The van der Waals surface area contributed by atoms with E-state index in [1.807, 2.05) is 31.3 Å². The summed E-state index contributed by atoms with van der Waals surface area (Å²) < 4.78 is 13.4. The van der Waals surface area contributed by atoms with Crippen molar-refractivity contribution in [2.24, 2.45) is 0 Å². The Kier molecular flexibility index (Phi) is 5.13. The Labute approximate surface area is 120 Å². The van der Waals surface area contributed by atoms with E-state index in [-0.39, 0.29) is 5.82 Å². The summed E-state index contributed by atoms with van der Waals surface area (Å²) in [6.07, 6.45) is 0. The molecule has 0 fully saturated rings. The molecule has 0 amide bonds. The van der Waals surface area contributed by atoms with Crippen molar-refractivity contribution in [3.63, 3.8) is 0 Å². The van der Waals surface area contributed by atoms with Crippen LogP contribution in [0.5, 0.6) is 0 Å². The van der Waals surface area contributed by atoms with Crippen LogP contribution in [0.3, 0.4) is 0 Å². The average Bonchev–Trinajstić information content (AvgIpc) is 2.47. The Hall–Kier alpha value is -1.87. The molecule has 0 saturated carbocycles. The minimum absolute atomic E-state index is 0.185. The lowest BCUT2D eigenvalue weighted by molar-refractivity contribution is 0.623. The van der Waals surface area contributed by atoms with Gasteiger partial charge in [-0.2, -0.15) is 0 Å². The van der Waals surface area contributed by atoms with Crippen LogP contribution in [0.2, 0.25) is 0 Å². The highest BCUT2D eigenvalue weighted by molar-refractivity contribution is 5.54. The van der Waals surface area contributed by atoms with Crippen LogP contribution >= 0.6 is 0 Å². The largest absolute Gasteiger partial charge is 0.367 e. The number of hydrogen-bond acceptors (Lipinski definition) is 2. The highest BCUT2D eigenvalue weighted by Gasteiger charge is 2.11. The van der Waals surface area contributed by atoms with Gasteiger partial charge in [-0.15, -0.1) is 0 Å². The number of benzene rings is 2. The zero-order valence-electron chi connectivity index (χ0n) is 12.1. The quantitative estimate of drug-likeness (QED) is 0.865. The van der Waals surface area contributed by atoms with Crippen LogP contribution in [0, 0.1) is 5.82 Å². The minimum Gasteiger partial charge on any atom is -0.367 e. The molecule has 20 heavy (non-hydrogen) atoms. The van der Waals surface area contributed by atoms with Crippen molar-refractivity contribution >= 4 is 5.69 Å². The van der Waals surface area contributed by atoms with Crippen LogP contribution in [0.1, 0.15) is 18.1 Å². The first kappa shape index (κ1) is 14.5. The SMILES string of the molecule is CCN(Cc1ccccc1)c1ccc(F)cc1CNC. The Morgan fingerprint density at radius 1 is 1.10 bits per heavy atom. The number of halogens is 1. The molecule has 0 saturated heterocycles. The summed E-state index contributed by atoms with van der Waals surface area (Å²) in [6.45, 7) is 4.50. The fraction of sp³-hybridized carbons (Fsp3) is 0.294. The van der Waals surface area contributed by atoms with Gasteiger partial charge >= 0.3 is 0 Å². The third-order valence-electron chi connectivity index (χ3n) is 3.35. The van der Waals surface area contributed by atoms with Crippen molar-refractivity contribution in [2.45, 2.75) is 20.0 Å². The first-order valence-electron chi connectivity index (χ1n) is 6.96. The Morgan fingerprint density at radius 3 is 2.50 bits per heavy atom. The van der Waals surface area contributed by atoms with Gasteiger partial charge in [0.1, 0.15) is 5.82 Å². The molecule has 0 aliphatic heterocycles. The Balaban J connectivity index is 2.27. The van der Waals surface area contributed by atoms with Gasteiger partial charge in [0.25, 0.3) is 0 Å². The number of hydrogen-bond donors (Lipinski definition) is 1. The predicted molar refractivity (Wildman–Crippen MR) is 82.3 cm³/mol. The van der Waals surface area contributed by atoms with E-state index in [9.17, 15) is 4.39 Å². The van der Waals surface area contributed by atoms with E-state index in [0.29, 0.717) is 6.54 Å². The predicted octanol–water partition coefficient (Wildman–Crippen LogP) is 3.57. The fourth-order valence-corrected chi connectivity index (χ4v) is 2.37. The van der Waals surface area contributed by atoms with E-state index in [1.54, 1.807) is 6.07 Å². The molecular weight excluding hydrogens is 251 g/mol. The molecule has 0 bridgehead atoms. The van der Waals surface area contributed by atoms with Gasteiger partial charge in [0.05, 0.1) is 0 Å². The van der Waals surface area contributed by atoms with E-state index < -0.39 is 0 Å². The molecule has 0 aromatic heterocycles. The molecule has 0 spiro atoms. The molecule has 0 heterocycles. The third kappa shape index (κ3) is 3.58. The van der Waals surface area contributed by atoms with E-state index in [1.165, 1.54) is 11.6 Å². The highest BCUT2D eigenvalue weighted by atomic mass is 19.1. The normalized spacial score (nSPS) is 10.6. The summed E-state index contributed by atoms with van der Waals surface area (Å²) in [4.78, 5) is 2.27. The van der Waals surface area contributed by atoms with Gasteiger partial charge in [-0.1, -0.05) is 30.3 Å². The third-order valence-corrected chi connectivity index (χ3v) is 3.35. The zero-order valence-corrected chi connectivity index (χ0v) is 12.1. The molecule has 0 unspecified atom stereocenters. The highest BCUT2D eigenvalue weighted by Crippen LogP contribution is 2.23. The van der Waals surface area contributed by atoms with Gasteiger partial charge in [0.15, 0.2) is 0 Å². The van der Waals surface area contributed by atoms with Gasteiger partial charge in [0, 0.05) is 25.3 Å². The van der Waals surface area contributed by atoms with Gasteiger partial charge in [-0.25, -0.2) is 4.39 Å².